The fourth-order valence-corrected chi connectivity index (χ4v) is 4.19. The molecule has 0 unspecified atom stereocenters. The molecule has 0 saturated carbocycles. The van der Waals surface area contributed by atoms with E-state index in [4.69, 9.17) is 14.8 Å². The molecule has 2 heterocycles. The van der Waals surface area contributed by atoms with Crippen LogP contribution in [0.25, 0.3) is 16.7 Å². The number of benzene rings is 2. The number of pyridine rings is 1. The van der Waals surface area contributed by atoms with E-state index in [-0.39, 0.29) is 5.91 Å². The summed E-state index contributed by atoms with van der Waals surface area (Å²) in [7, 11) is 1.62. The van der Waals surface area contributed by atoms with Crippen LogP contribution in [-0.4, -0.2) is 27.8 Å². The van der Waals surface area contributed by atoms with Crippen LogP contribution in [0.1, 0.15) is 41.3 Å². The summed E-state index contributed by atoms with van der Waals surface area (Å²) in [6.45, 7) is 8.21. The SMILES string of the molecule is CCc1cccc(NC(=O)CCc2c(OC)nc3c(c(C)nn3-c3ccc(C)cc3)c2C)c1. The Hall–Kier alpha value is -3.67. The molecule has 0 saturated heterocycles. The Morgan fingerprint density at radius 1 is 1.09 bits per heavy atom. The lowest BCUT2D eigenvalue weighted by Crippen LogP contribution is -2.13. The second-order valence-electron chi connectivity index (χ2n) is 8.36. The molecule has 170 valence electrons. The van der Waals surface area contributed by atoms with Gasteiger partial charge in [0.1, 0.15) is 0 Å². The molecule has 0 radical (unpaired) electrons. The summed E-state index contributed by atoms with van der Waals surface area (Å²) in [5.41, 5.74) is 7.82. The quantitative estimate of drug-likeness (QED) is 0.411. The maximum absolute atomic E-state index is 12.7. The Kier molecular flexibility index (Phi) is 6.45. The van der Waals surface area contributed by atoms with Crippen LogP contribution in [0.5, 0.6) is 5.88 Å². The fraction of sp³-hybridized carbons (Fsp3) is 0.296. The summed E-state index contributed by atoms with van der Waals surface area (Å²) in [6.07, 6.45) is 1.81. The zero-order chi connectivity index (χ0) is 23.5. The lowest BCUT2D eigenvalue weighted by atomic mass is 10.0. The van der Waals surface area contributed by atoms with Crippen LogP contribution < -0.4 is 10.1 Å². The lowest BCUT2D eigenvalue weighted by Gasteiger charge is -2.13. The van der Waals surface area contributed by atoms with Crippen LogP contribution in [0.3, 0.4) is 0 Å². The summed E-state index contributed by atoms with van der Waals surface area (Å²) >= 11 is 0. The predicted molar refractivity (Wildman–Crippen MR) is 132 cm³/mol. The second-order valence-corrected chi connectivity index (χ2v) is 8.36. The smallest absolute Gasteiger partial charge is 0.224 e. The number of nitrogens with zero attached hydrogens (tertiary/aromatic N) is 3. The molecule has 6 heteroatoms. The largest absolute Gasteiger partial charge is 0.481 e. The standard InChI is InChI=1S/C27H30N4O2/c1-6-20-8-7-9-21(16-20)28-24(32)15-14-23-18(3)25-19(4)30-31(26(25)29-27(23)33-5)22-12-10-17(2)11-13-22/h7-13,16H,6,14-15H2,1-5H3,(H,28,32). The van der Waals surface area contributed by atoms with E-state index in [1.54, 1.807) is 7.11 Å². The zero-order valence-electron chi connectivity index (χ0n) is 19.9. The summed E-state index contributed by atoms with van der Waals surface area (Å²) in [6, 6.07) is 16.2. The molecule has 0 aliphatic carbocycles. The summed E-state index contributed by atoms with van der Waals surface area (Å²) in [5.74, 6) is 0.505. The van der Waals surface area contributed by atoms with E-state index in [1.165, 1.54) is 11.1 Å². The van der Waals surface area contributed by atoms with Gasteiger partial charge in [-0.05, 0) is 69.0 Å². The highest BCUT2D eigenvalue weighted by molar-refractivity contribution is 5.91. The number of nitrogens with one attached hydrogen (secondary N) is 1. The van der Waals surface area contributed by atoms with Gasteiger partial charge in [0.05, 0.1) is 18.5 Å². The first-order valence-corrected chi connectivity index (χ1v) is 11.3. The molecule has 0 fully saturated rings. The number of hydrogen-bond donors (Lipinski definition) is 1. The molecule has 2 aromatic heterocycles. The maximum Gasteiger partial charge on any atom is 0.224 e. The van der Waals surface area contributed by atoms with Crippen LogP contribution in [0, 0.1) is 20.8 Å². The van der Waals surface area contributed by atoms with Gasteiger partial charge < -0.3 is 10.1 Å². The van der Waals surface area contributed by atoms with Gasteiger partial charge in [-0.3, -0.25) is 4.79 Å². The maximum atomic E-state index is 12.7. The van der Waals surface area contributed by atoms with Crippen LogP contribution >= 0.6 is 0 Å². The molecule has 0 aliphatic heterocycles. The summed E-state index contributed by atoms with van der Waals surface area (Å²) in [4.78, 5) is 17.5. The van der Waals surface area contributed by atoms with E-state index < -0.39 is 0 Å². The number of aryl methyl sites for hydroxylation is 4. The number of amides is 1. The number of carbonyl (C=O) groups excluding carboxylic acids is 1. The van der Waals surface area contributed by atoms with Crippen molar-refractivity contribution >= 4 is 22.6 Å². The van der Waals surface area contributed by atoms with Crippen molar-refractivity contribution in [1.29, 1.82) is 0 Å². The highest BCUT2D eigenvalue weighted by Crippen LogP contribution is 2.32. The Labute approximate surface area is 194 Å². The zero-order valence-corrected chi connectivity index (χ0v) is 19.9. The number of carbonyl (C=O) groups is 1. The molecule has 2 aromatic carbocycles. The molecule has 0 bridgehead atoms. The summed E-state index contributed by atoms with van der Waals surface area (Å²) < 4.78 is 7.51. The van der Waals surface area contributed by atoms with Crippen molar-refractivity contribution in [1.82, 2.24) is 14.8 Å². The number of methoxy groups -OCH3 is 1. The third-order valence-corrected chi connectivity index (χ3v) is 6.02. The number of hydrogen-bond acceptors (Lipinski definition) is 4. The summed E-state index contributed by atoms with van der Waals surface area (Å²) in [5, 5.41) is 8.76. The minimum Gasteiger partial charge on any atom is -0.481 e. The van der Waals surface area contributed by atoms with Crippen molar-refractivity contribution in [3.63, 3.8) is 0 Å². The second kappa shape index (κ2) is 9.45. The van der Waals surface area contributed by atoms with E-state index >= 15 is 0 Å². The third-order valence-electron chi connectivity index (χ3n) is 6.02. The topological polar surface area (TPSA) is 69.0 Å². The first-order valence-electron chi connectivity index (χ1n) is 11.3. The molecular weight excluding hydrogens is 412 g/mol. The van der Waals surface area contributed by atoms with Gasteiger partial charge in [0.15, 0.2) is 5.65 Å². The van der Waals surface area contributed by atoms with E-state index in [9.17, 15) is 4.79 Å². The predicted octanol–water partition coefficient (Wildman–Crippen LogP) is 5.49. The average Bonchev–Trinajstić information content (AvgIpc) is 3.15. The Morgan fingerprint density at radius 2 is 1.85 bits per heavy atom. The molecule has 33 heavy (non-hydrogen) atoms. The van der Waals surface area contributed by atoms with Crippen molar-refractivity contribution < 1.29 is 9.53 Å². The molecule has 6 nitrogen and oxygen atoms in total. The van der Waals surface area contributed by atoms with E-state index in [1.807, 2.05) is 41.9 Å². The highest BCUT2D eigenvalue weighted by Gasteiger charge is 2.20. The first kappa shape index (κ1) is 22.5. The molecular formula is C27H30N4O2. The van der Waals surface area contributed by atoms with E-state index in [0.29, 0.717) is 18.7 Å². The molecule has 0 aliphatic rings. The number of aromatic nitrogens is 3. The molecule has 0 atom stereocenters. The van der Waals surface area contributed by atoms with Gasteiger partial charge in [-0.2, -0.15) is 10.1 Å². The Bertz CT molecular complexity index is 1310. The van der Waals surface area contributed by atoms with Crippen LogP contribution in [0.2, 0.25) is 0 Å². The van der Waals surface area contributed by atoms with Gasteiger partial charge in [-0.1, -0.05) is 36.8 Å². The Balaban J connectivity index is 1.62. The van der Waals surface area contributed by atoms with Crippen molar-refractivity contribution in [2.24, 2.45) is 0 Å². The van der Waals surface area contributed by atoms with Crippen molar-refractivity contribution in [3.05, 3.63) is 76.5 Å². The molecule has 4 rings (SSSR count). The van der Waals surface area contributed by atoms with Gasteiger partial charge in [0.2, 0.25) is 11.8 Å². The minimum atomic E-state index is -0.0307. The molecule has 1 N–H and O–H groups in total. The van der Waals surface area contributed by atoms with Gasteiger partial charge in [0, 0.05) is 23.1 Å². The normalized spacial score (nSPS) is 11.1. The average molecular weight is 443 g/mol. The third kappa shape index (κ3) is 4.60. The fourth-order valence-electron chi connectivity index (χ4n) is 4.19. The number of anilines is 1. The van der Waals surface area contributed by atoms with Crippen LogP contribution in [-0.2, 0) is 17.6 Å². The number of rotatable bonds is 7. The van der Waals surface area contributed by atoms with Gasteiger partial charge in [-0.25, -0.2) is 4.68 Å². The van der Waals surface area contributed by atoms with Crippen LogP contribution in [0.15, 0.2) is 48.5 Å². The first-order chi connectivity index (χ1) is 15.9. The lowest BCUT2D eigenvalue weighted by molar-refractivity contribution is -0.116. The Morgan fingerprint density at radius 3 is 2.55 bits per heavy atom. The van der Waals surface area contributed by atoms with Crippen molar-refractivity contribution in [2.75, 3.05) is 12.4 Å². The highest BCUT2D eigenvalue weighted by atomic mass is 16.5. The van der Waals surface area contributed by atoms with E-state index in [0.717, 1.165) is 45.6 Å². The van der Waals surface area contributed by atoms with Gasteiger partial charge >= 0.3 is 0 Å². The monoisotopic (exact) mass is 442 g/mol. The minimum absolute atomic E-state index is 0.0307. The van der Waals surface area contributed by atoms with Gasteiger partial charge in [-0.15, -0.1) is 0 Å². The van der Waals surface area contributed by atoms with Crippen molar-refractivity contribution in [2.45, 2.75) is 47.0 Å². The van der Waals surface area contributed by atoms with Crippen LogP contribution in [0.4, 0.5) is 5.69 Å². The van der Waals surface area contributed by atoms with E-state index in [2.05, 4.69) is 44.3 Å². The number of fused-ring (bicyclic) bond motifs is 1. The molecule has 0 spiro atoms. The van der Waals surface area contributed by atoms with Crippen molar-refractivity contribution in [3.8, 4) is 11.6 Å². The number of ether oxygens (including phenoxy) is 1. The van der Waals surface area contributed by atoms with Gasteiger partial charge in [0.25, 0.3) is 0 Å². The molecule has 4 aromatic rings. The molecule has 1 amide bonds.